The molecule has 1 aromatic carbocycles. The van der Waals surface area contributed by atoms with Crippen LogP contribution in [0.15, 0.2) is 30.5 Å². The summed E-state index contributed by atoms with van der Waals surface area (Å²) in [6, 6.07) is 6.14. The third-order valence-corrected chi connectivity index (χ3v) is 2.98. The Bertz CT molecular complexity index is 608. The molecular formula is C14H14ClFN2O2. The van der Waals surface area contributed by atoms with Gasteiger partial charge in [0, 0.05) is 17.3 Å². The van der Waals surface area contributed by atoms with Crippen LogP contribution in [-0.4, -0.2) is 19.2 Å². The Morgan fingerprint density at radius 1 is 1.25 bits per heavy atom. The largest absolute Gasteiger partial charge is 0.493 e. The molecule has 0 saturated heterocycles. The van der Waals surface area contributed by atoms with Crippen LogP contribution in [-0.2, 0) is 6.54 Å². The number of nitrogens with zero attached hydrogens (tertiary/aromatic N) is 1. The molecule has 0 aliphatic rings. The minimum absolute atomic E-state index is 0.304. The molecule has 0 aliphatic heterocycles. The summed E-state index contributed by atoms with van der Waals surface area (Å²) in [6.45, 7) is 0.304. The molecule has 0 radical (unpaired) electrons. The number of nitrogens with one attached hydrogen (secondary N) is 1. The van der Waals surface area contributed by atoms with Crippen LogP contribution in [0.25, 0.3) is 0 Å². The van der Waals surface area contributed by atoms with E-state index in [0.29, 0.717) is 34.4 Å². The van der Waals surface area contributed by atoms with E-state index in [1.807, 2.05) is 0 Å². The zero-order valence-electron chi connectivity index (χ0n) is 11.1. The minimum atomic E-state index is -0.417. The van der Waals surface area contributed by atoms with Crippen molar-refractivity contribution >= 4 is 17.3 Å². The minimum Gasteiger partial charge on any atom is -0.493 e. The summed E-state index contributed by atoms with van der Waals surface area (Å²) in [6.07, 6.45) is 1.61. The van der Waals surface area contributed by atoms with E-state index in [1.54, 1.807) is 31.5 Å². The summed E-state index contributed by atoms with van der Waals surface area (Å²) in [5, 5.41) is 3.30. The van der Waals surface area contributed by atoms with Crippen molar-refractivity contribution in [3.63, 3.8) is 0 Å². The van der Waals surface area contributed by atoms with Gasteiger partial charge in [-0.3, -0.25) is 4.98 Å². The van der Waals surface area contributed by atoms with Crippen molar-refractivity contribution < 1.29 is 13.9 Å². The van der Waals surface area contributed by atoms with Gasteiger partial charge in [-0.2, -0.15) is 0 Å². The van der Waals surface area contributed by atoms with Crippen molar-refractivity contribution in [2.75, 3.05) is 19.5 Å². The number of pyridine rings is 1. The second kappa shape index (κ2) is 6.43. The lowest BCUT2D eigenvalue weighted by Crippen LogP contribution is -2.06. The molecule has 2 rings (SSSR count). The average Bonchev–Trinajstić information content (AvgIpc) is 2.45. The Morgan fingerprint density at radius 2 is 2.05 bits per heavy atom. The SMILES string of the molecule is COc1ccnc(CNc2ccc(Cl)cc2F)c1OC. The van der Waals surface area contributed by atoms with Crippen molar-refractivity contribution in [1.82, 2.24) is 4.98 Å². The first-order chi connectivity index (χ1) is 9.65. The smallest absolute Gasteiger partial charge is 0.184 e. The highest BCUT2D eigenvalue weighted by Gasteiger charge is 2.11. The summed E-state index contributed by atoms with van der Waals surface area (Å²) in [5.41, 5.74) is 0.974. The first-order valence-electron chi connectivity index (χ1n) is 5.90. The molecule has 6 heteroatoms. The van der Waals surface area contributed by atoms with Crippen LogP contribution in [0.4, 0.5) is 10.1 Å². The van der Waals surface area contributed by atoms with E-state index in [9.17, 15) is 4.39 Å². The van der Waals surface area contributed by atoms with E-state index in [-0.39, 0.29) is 0 Å². The van der Waals surface area contributed by atoms with E-state index in [4.69, 9.17) is 21.1 Å². The fraction of sp³-hybridized carbons (Fsp3) is 0.214. The zero-order valence-corrected chi connectivity index (χ0v) is 11.9. The molecule has 0 fully saturated rings. The lowest BCUT2D eigenvalue weighted by atomic mass is 10.2. The van der Waals surface area contributed by atoms with Crippen LogP contribution >= 0.6 is 11.6 Å². The topological polar surface area (TPSA) is 43.4 Å². The first kappa shape index (κ1) is 14.4. The van der Waals surface area contributed by atoms with Crippen molar-refractivity contribution in [2.24, 2.45) is 0 Å². The molecule has 1 aromatic heterocycles. The Kier molecular flexibility index (Phi) is 4.63. The summed E-state index contributed by atoms with van der Waals surface area (Å²) >= 11 is 5.70. The maximum atomic E-state index is 13.7. The lowest BCUT2D eigenvalue weighted by molar-refractivity contribution is 0.350. The molecule has 2 aromatic rings. The second-order valence-electron chi connectivity index (χ2n) is 3.97. The standard InChI is InChI=1S/C14H14ClFN2O2/c1-19-13-5-6-17-12(14(13)20-2)8-18-11-4-3-9(15)7-10(11)16/h3-7,18H,8H2,1-2H3. The van der Waals surface area contributed by atoms with Gasteiger partial charge in [0.2, 0.25) is 0 Å². The number of rotatable bonds is 5. The number of halogens is 2. The predicted octanol–water partition coefficient (Wildman–Crippen LogP) is 3.50. The van der Waals surface area contributed by atoms with E-state index >= 15 is 0 Å². The van der Waals surface area contributed by atoms with Gasteiger partial charge in [-0.15, -0.1) is 0 Å². The van der Waals surface area contributed by atoms with Gasteiger partial charge in [-0.05, 0) is 18.2 Å². The fourth-order valence-corrected chi connectivity index (χ4v) is 1.95. The van der Waals surface area contributed by atoms with E-state index < -0.39 is 5.82 Å². The predicted molar refractivity (Wildman–Crippen MR) is 76.1 cm³/mol. The number of hydrogen-bond donors (Lipinski definition) is 1. The van der Waals surface area contributed by atoms with Gasteiger partial charge in [0.15, 0.2) is 11.5 Å². The van der Waals surface area contributed by atoms with Gasteiger partial charge >= 0.3 is 0 Å². The highest BCUT2D eigenvalue weighted by atomic mass is 35.5. The summed E-state index contributed by atoms with van der Waals surface area (Å²) < 4.78 is 24.1. The van der Waals surface area contributed by atoms with Crippen LogP contribution in [0.5, 0.6) is 11.5 Å². The molecule has 0 atom stereocenters. The average molecular weight is 297 g/mol. The first-order valence-corrected chi connectivity index (χ1v) is 6.28. The van der Waals surface area contributed by atoms with Gasteiger partial charge in [0.25, 0.3) is 0 Å². The number of benzene rings is 1. The van der Waals surface area contributed by atoms with E-state index in [1.165, 1.54) is 13.2 Å². The van der Waals surface area contributed by atoms with Crippen molar-refractivity contribution in [2.45, 2.75) is 6.54 Å². The Hall–Kier alpha value is -2.01. The number of aromatic nitrogens is 1. The number of methoxy groups -OCH3 is 2. The molecule has 0 spiro atoms. The van der Waals surface area contributed by atoms with Gasteiger partial charge in [0.1, 0.15) is 11.5 Å². The van der Waals surface area contributed by atoms with Gasteiger partial charge in [-0.1, -0.05) is 11.6 Å². The monoisotopic (exact) mass is 296 g/mol. The van der Waals surface area contributed by atoms with Gasteiger partial charge < -0.3 is 14.8 Å². The summed E-state index contributed by atoms with van der Waals surface area (Å²) in [4.78, 5) is 4.20. The molecular weight excluding hydrogens is 283 g/mol. The lowest BCUT2D eigenvalue weighted by Gasteiger charge is -2.13. The van der Waals surface area contributed by atoms with Gasteiger partial charge in [-0.25, -0.2) is 4.39 Å². The van der Waals surface area contributed by atoms with Crippen LogP contribution in [0.3, 0.4) is 0 Å². The van der Waals surface area contributed by atoms with Crippen molar-refractivity contribution in [1.29, 1.82) is 0 Å². The van der Waals surface area contributed by atoms with Crippen LogP contribution in [0, 0.1) is 5.82 Å². The normalized spacial score (nSPS) is 10.2. The molecule has 1 heterocycles. The molecule has 0 bridgehead atoms. The Morgan fingerprint density at radius 3 is 2.70 bits per heavy atom. The quantitative estimate of drug-likeness (QED) is 0.917. The highest BCUT2D eigenvalue weighted by Crippen LogP contribution is 2.29. The van der Waals surface area contributed by atoms with E-state index in [0.717, 1.165) is 0 Å². The Balaban J connectivity index is 2.18. The molecule has 0 saturated carbocycles. The number of ether oxygens (including phenoxy) is 2. The van der Waals surface area contributed by atoms with Gasteiger partial charge in [0.05, 0.1) is 26.5 Å². The molecule has 1 N–H and O–H groups in total. The second-order valence-corrected chi connectivity index (χ2v) is 4.41. The zero-order chi connectivity index (χ0) is 14.5. The summed E-state index contributed by atoms with van der Waals surface area (Å²) in [7, 11) is 3.08. The maximum Gasteiger partial charge on any atom is 0.184 e. The molecule has 0 aliphatic carbocycles. The summed E-state index contributed by atoms with van der Waals surface area (Å²) in [5.74, 6) is 0.687. The Labute approximate surface area is 121 Å². The molecule has 106 valence electrons. The third kappa shape index (κ3) is 3.11. The van der Waals surface area contributed by atoms with Crippen molar-refractivity contribution in [3.05, 3.63) is 47.0 Å². The van der Waals surface area contributed by atoms with Crippen molar-refractivity contribution in [3.8, 4) is 11.5 Å². The van der Waals surface area contributed by atoms with Crippen LogP contribution in [0.1, 0.15) is 5.69 Å². The van der Waals surface area contributed by atoms with Crippen LogP contribution < -0.4 is 14.8 Å². The molecule has 4 nitrogen and oxygen atoms in total. The highest BCUT2D eigenvalue weighted by molar-refractivity contribution is 6.30. The number of hydrogen-bond acceptors (Lipinski definition) is 4. The number of anilines is 1. The molecule has 0 amide bonds. The third-order valence-electron chi connectivity index (χ3n) is 2.74. The fourth-order valence-electron chi connectivity index (χ4n) is 1.79. The maximum absolute atomic E-state index is 13.7. The van der Waals surface area contributed by atoms with E-state index in [2.05, 4.69) is 10.3 Å². The molecule has 0 unspecified atom stereocenters. The molecule has 20 heavy (non-hydrogen) atoms. The van der Waals surface area contributed by atoms with Crippen LogP contribution in [0.2, 0.25) is 5.02 Å².